The Balaban J connectivity index is 1.60. The van der Waals surface area contributed by atoms with Crippen LogP contribution in [0.15, 0.2) is 41.6 Å². The van der Waals surface area contributed by atoms with Gasteiger partial charge in [-0.15, -0.1) is 11.3 Å². The van der Waals surface area contributed by atoms with Gasteiger partial charge in [0.2, 0.25) is 0 Å². The van der Waals surface area contributed by atoms with Crippen LogP contribution in [0.1, 0.15) is 17.4 Å². The Bertz CT molecular complexity index is 1140. The Morgan fingerprint density at radius 3 is 3.04 bits per heavy atom. The van der Waals surface area contributed by atoms with E-state index < -0.39 is 0 Å². The molecule has 0 unspecified atom stereocenters. The largest absolute Gasteiger partial charge is 0.297 e. The molecule has 0 radical (unpaired) electrons. The van der Waals surface area contributed by atoms with Crippen LogP contribution in [0.25, 0.3) is 21.1 Å². The third kappa shape index (κ3) is 2.87. The van der Waals surface area contributed by atoms with Crippen molar-refractivity contribution in [3.8, 4) is 0 Å². The zero-order chi connectivity index (χ0) is 17.4. The minimum Gasteiger partial charge on any atom is -0.297 e. The van der Waals surface area contributed by atoms with E-state index in [1.807, 2.05) is 31.2 Å². The summed E-state index contributed by atoms with van der Waals surface area (Å²) in [6, 6.07) is 7.59. The van der Waals surface area contributed by atoms with E-state index in [0.717, 1.165) is 32.6 Å². The van der Waals surface area contributed by atoms with Crippen molar-refractivity contribution in [1.29, 1.82) is 0 Å². The topological polar surface area (TPSA) is 80.6 Å². The number of H-pyrrole nitrogens is 1. The van der Waals surface area contributed by atoms with E-state index >= 15 is 0 Å². The molecule has 0 saturated heterocycles. The van der Waals surface area contributed by atoms with Crippen molar-refractivity contribution in [2.45, 2.75) is 26.3 Å². The Labute approximate surface area is 147 Å². The zero-order valence-electron chi connectivity index (χ0n) is 13.7. The summed E-state index contributed by atoms with van der Waals surface area (Å²) in [5, 5.41) is 8.43. The number of nitrogens with one attached hydrogen (secondary N) is 1. The fraction of sp³-hybridized carbons (Fsp3) is 0.222. The monoisotopic (exact) mass is 352 g/mol. The van der Waals surface area contributed by atoms with E-state index in [-0.39, 0.29) is 24.3 Å². The lowest BCUT2D eigenvalue weighted by atomic mass is 10.0. The molecule has 0 amide bonds. The number of fused-ring (bicyclic) bond motifs is 2. The highest BCUT2D eigenvalue weighted by atomic mass is 32.1. The summed E-state index contributed by atoms with van der Waals surface area (Å²) in [4.78, 5) is 31.2. The summed E-state index contributed by atoms with van der Waals surface area (Å²) >= 11 is 1.52. The van der Waals surface area contributed by atoms with E-state index in [1.165, 1.54) is 22.2 Å². The van der Waals surface area contributed by atoms with Crippen LogP contribution in [0.5, 0.6) is 0 Å². The maximum atomic E-state index is 12.6. The highest BCUT2D eigenvalue weighted by Crippen LogP contribution is 2.21. The number of aromatic nitrogens is 4. The molecule has 3 heterocycles. The molecule has 0 atom stereocenters. The molecule has 0 saturated carbocycles. The van der Waals surface area contributed by atoms with Gasteiger partial charge in [0.05, 0.1) is 30.0 Å². The average Bonchev–Trinajstić information content (AvgIpc) is 3.24. The first-order valence-electron chi connectivity index (χ1n) is 8.06. The molecule has 0 aliphatic heterocycles. The van der Waals surface area contributed by atoms with Gasteiger partial charge in [-0.25, -0.2) is 4.98 Å². The van der Waals surface area contributed by atoms with Gasteiger partial charge in [-0.3, -0.25) is 19.3 Å². The maximum Gasteiger partial charge on any atom is 0.262 e. The van der Waals surface area contributed by atoms with Gasteiger partial charge < -0.3 is 0 Å². The first-order chi connectivity index (χ1) is 12.2. The first kappa shape index (κ1) is 15.7. The average molecular weight is 352 g/mol. The second kappa shape index (κ2) is 6.25. The molecule has 0 bridgehead atoms. The standard InChI is InChI=1S/C18H16N4O2S/c1-2-13-7-14-17(25-13)19-10-22(18(14)24)9-12(23)6-11-4-3-5-16-15(11)8-20-21-16/h3-5,7-8,10H,2,6,9H2,1H3,(H,20,21). The number of carbonyl (C=O) groups is 1. The van der Waals surface area contributed by atoms with Gasteiger partial charge in [-0.1, -0.05) is 19.1 Å². The molecular formula is C18H16N4O2S. The summed E-state index contributed by atoms with van der Waals surface area (Å²) in [6.45, 7) is 2.07. The minimum atomic E-state index is -0.157. The maximum absolute atomic E-state index is 12.6. The van der Waals surface area contributed by atoms with Gasteiger partial charge in [0.15, 0.2) is 5.78 Å². The summed E-state index contributed by atoms with van der Waals surface area (Å²) in [7, 11) is 0. The number of ketones is 1. The second-order valence-corrected chi connectivity index (χ2v) is 7.04. The van der Waals surface area contributed by atoms with Crippen molar-refractivity contribution < 1.29 is 4.79 Å². The fourth-order valence-corrected chi connectivity index (χ4v) is 3.86. The van der Waals surface area contributed by atoms with Crippen molar-refractivity contribution in [2.24, 2.45) is 0 Å². The van der Waals surface area contributed by atoms with Crippen molar-refractivity contribution in [1.82, 2.24) is 19.7 Å². The molecule has 0 fully saturated rings. The molecule has 25 heavy (non-hydrogen) atoms. The Morgan fingerprint density at radius 1 is 1.32 bits per heavy atom. The number of benzene rings is 1. The van der Waals surface area contributed by atoms with Gasteiger partial charge in [0, 0.05) is 16.7 Å². The number of aromatic amines is 1. The van der Waals surface area contributed by atoms with Crippen LogP contribution in [-0.2, 0) is 24.2 Å². The summed E-state index contributed by atoms with van der Waals surface area (Å²) in [5.74, 6) is -0.0390. The molecule has 1 aromatic carbocycles. The predicted molar refractivity (Wildman–Crippen MR) is 98.1 cm³/mol. The van der Waals surface area contributed by atoms with Gasteiger partial charge in [-0.05, 0) is 24.1 Å². The number of hydrogen-bond acceptors (Lipinski definition) is 5. The van der Waals surface area contributed by atoms with Crippen LogP contribution in [0.2, 0.25) is 0 Å². The van der Waals surface area contributed by atoms with Gasteiger partial charge in [-0.2, -0.15) is 5.10 Å². The van der Waals surface area contributed by atoms with Crippen LogP contribution in [0.4, 0.5) is 0 Å². The fourth-order valence-electron chi connectivity index (χ4n) is 2.94. The van der Waals surface area contributed by atoms with Crippen LogP contribution in [-0.4, -0.2) is 25.5 Å². The highest BCUT2D eigenvalue weighted by molar-refractivity contribution is 7.18. The molecule has 4 aromatic rings. The van der Waals surface area contributed by atoms with E-state index in [1.54, 1.807) is 6.20 Å². The molecule has 1 N–H and O–H groups in total. The molecule has 4 rings (SSSR count). The number of aryl methyl sites for hydroxylation is 1. The predicted octanol–water partition coefficient (Wildman–Crippen LogP) is 2.71. The molecule has 0 aliphatic carbocycles. The van der Waals surface area contributed by atoms with Crippen molar-refractivity contribution in [3.05, 3.63) is 57.6 Å². The van der Waals surface area contributed by atoms with E-state index in [9.17, 15) is 9.59 Å². The summed E-state index contributed by atoms with van der Waals surface area (Å²) in [6.07, 6.45) is 4.31. The first-order valence-corrected chi connectivity index (χ1v) is 8.88. The smallest absolute Gasteiger partial charge is 0.262 e. The highest BCUT2D eigenvalue weighted by Gasteiger charge is 2.13. The van der Waals surface area contributed by atoms with Gasteiger partial charge in [0.1, 0.15) is 4.83 Å². The quantitative estimate of drug-likeness (QED) is 0.599. The minimum absolute atomic E-state index is 0.0211. The molecule has 3 aromatic heterocycles. The third-order valence-corrected chi connectivity index (χ3v) is 5.41. The van der Waals surface area contributed by atoms with Crippen molar-refractivity contribution in [2.75, 3.05) is 0 Å². The Kier molecular flexibility index (Phi) is 3.93. The molecule has 7 heteroatoms. The second-order valence-electron chi connectivity index (χ2n) is 5.93. The number of nitrogens with zero attached hydrogens (tertiary/aromatic N) is 3. The molecule has 0 aliphatic rings. The lowest BCUT2D eigenvalue weighted by Crippen LogP contribution is -2.25. The SMILES string of the molecule is CCc1cc2c(=O)n(CC(=O)Cc3cccc4[nH]ncc34)cnc2s1. The lowest BCUT2D eigenvalue weighted by molar-refractivity contribution is -0.119. The summed E-state index contributed by atoms with van der Waals surface area (Å²) in [5.41, 5.74) is 1.65. The number of carbonyl (C=O) groups excluding carboxylic acids is 1. The summed E-state index contributed by atoms with van der Waals surface area (Å²) < 4.78 is 1.40. The number of Topliss-reactive ketones (excluding diaryl/α,β-unsaturated/α-hetero) is 1. The number of rotatable bonds is 5. The van der Waals surface area contributed by atoms with E-state index in [4.69, 9.17) is 0 Å². The van der Waals surface area contributed by atoms with Crippen LogP contribution < -0.4 is 5.56 Å². The van der Waals surface area contributed by atoms with Crippen LogP contribution in [0, 0.1) is 0 Å². The van der Waals surface area contributed by atoms with E-state index in [2.05, 4.69) is 15.2 Å². The zero-order valence-corrected chi connectivity index (χ0v) is 14.5. The van der Waals surface area contributed by atoms with Crippen LogP contribution in [0.3, 0.4) is 0 Å². The van der Waals surface area contributed by atoms with Crippen molar-refractivity contribution in [3.63, 3.8) is 0 Å². The molecule has 6 nitrogen and oxygen atoms in total. The van der Waals surface area contributed by atoms with Gasteiger partial charge in [0.25, 0.3) is 5.56 Å². The molecular weight excluding hydrogens is 336 g/mol. The van der Waals surface area contributed by atoms with Crippen LogP contribution >= 0.6 is 11.3 Å². The lowest BCUT2D eigenvalue weighted by Gasteiger charge is -2.05. The molecule has 0 spiro atoms. The number of thiophene rings is 1. The normalized spacial score (nSPS) is 11.4. The third-order valence-electron chi connectivity index (χ3n) is 4.23. The Morgan fingerprint density at radius 2 is 2.20 bits per heavy atom. The Hall–Kier alpha value is -2.80. The van der Waals surface area contributed by atoms with Gasteiger partial charge >= 0.3 is 0 Å². The van der Waals surface area contributed by atoms with Crippen molar-refractivity contribution >= 4 is 38.2 Å². The molecule has 126 valence electrons. The van der Waals surface area contributed by atoms with E-state index in [0.29, 0.717) is 5.39 Å². The number of hydrogen-bond donors (Lipinski definition) is 1.